The van der Waals surface area contributed by atoms with Crippen LogP contribution in [0.3, 0.4) is 0 Å². The largest absolute Gasteiger partial charge is 0.481 e. The molecule has 172 valence electrons. The Bertz CT molecular complexity index is 1080. The number of aldehydes is 1. The first kappa shape index (κ1) is 23.9. The maximum atomic E-state index is 12.7. The highest BCUT2D eigenvalue weighted by molar-refractivity contribution is 7.10. The Balaban J connectivity index is 1.57. The minimum atomic E-state index is -1.18. The lowest BCUT2D eigenvalue weighted by molar-refractivity contribution is -0.138. The predicted octanol–water partition coefficient (Wildman–Crippen LogP) is 2.86. The van der Waals surface area contributed by atoms with Crippen molar-refractivity contribution in [3.05, 3.63) is 64.8 Å². The maximum Gasteiger partial charge on any atom is 0.305 e. The lowest BCUT2D eigenvalue weighted by Crippen LogP contribution is -2.40. The Kier molecular flexibility index (Phi) is 8.48. The zero-order chi connectivity index (χ0) is 23.6. The molecular formula is C23H23N3O6S. The van der Waals surface area contributed by atoms with Crippen molar-refractivity contribution in [1.29, 1.82) is 0 Å². The number of aliphatic carboxylic acids is 1. The van der Waals surface area contributed by atoms with Crippen LogP contribution in [-0.4, -0.2) is 46.7 Å². The van der Waals surface area contributed by atoms with Crippen LogP contribution in [0.5, 0.6) is 0 Å². The lowest BCUT2D eigenvalue weighted by atomic mass is 9.99. The summed E-state index contributed by atoms with van der Waals surface area (Å²) in [5.74, 6) is -2.18. The Labute approximate surface area is 193 Å². The van der Waals surface area contributed by atoms with Crippen LogP contribution in [0.25, 0.3) is 11.3 Å². The van der Waals surface area contributed by atoms with E-state index in [2.05, 4.69) is 15.6 Å². The summed E-state index contributed by atoms with van der Waals surface area (Å²) in [6.45, 7) is 0.293. The van der Waals surface area contributed by atoms with Crippen molar-refractivity contribution >= 4 is 35.4 Å². The molecule has 0 radical (unpaired) electrons. The zero-order valence-corrected chi connectivity index (χ0v) is 18.4. The molecule has 3 rings (SSSR count). The molecule has 0 aliphatic heterocycles. The SMILES string of the molecule is O=C[C@H](CC(=O)O)NC(=O)C(CCCNC(=O)c1ncoc1-c1ccccc1)c1cccs1. The van der Waals surface area contributed by atoms with Crippen LogP contribution in [0.4, 0.5) is 0 Å². The molecule has 0 saturated carbocycles. The van der Waals surface area contributed by atoms with E-state index in [4.69, 9.17) is 9.52 Å². The molecule has 33 heavy (non-hydrogen) atoms. The van der Waals surface area contributed by atoms with Crippen molar-refractivity contribution in [2.75, 3.05) is 6.54 Å². The van der Waals surface area contributed by atoms with Crippen molar-refractivity contribution in [1.82, 2.24) is 15.6 Å². The van der Waals surface area contributed by atoms with Crippen molar-refractivity contribution in [3.63, 3.8) is 0 Å². The third kappa shape index (κ3) is 6.59. The van der Waals surface area contributed by atoms with Gasteiger partial charge in [0.1, 0.15) is 6.29 Å². The number of carboxylic acid groups (broad SMARTS) is 1. The summed E-state index contributed by atoms with van der Waals surface area (Å²) in [6.07, 6.45) is 2.03. The highest BCUT2D eigenvalue weighted by Gasteiger charge is 2.25. The quantitative estimate of drug-likeness (QED) is 0.274. The summed E-state index contributed by atoms with van der Waals surface area (Å²) < 4.78 is 5.38. The number of thiophene rings is 1. The molecule has 3 N–H and O–H groups in total. The van der Waals surface area contributed by atoms with E-state index >= 15 is 0 Å². The summed E-state index contributed by atoms with van der Waals surface area (Å²) in [6, 6.07) is 11.7. The van der Waals surface area contributed by atoms with Crippen LogP contribution < -0.4 is 10.6 Å². The number of nitrogens with zero attached hydrogens (tertiary/aromatic N) is 1. The van der Waals surface area contributed by atoms with Gasteiger partial charge in [-0.25, -0.2) is 4.98 Å². The summed E-state index contributed by atoms with van der Waals surface area (Å²) in [7, 11) is 0. The smallest absolute Gasteiger partial charge is 0.305 e. The molecule has 2 heterocycles. The number of benzene rings is 1. The first-order chi connectivity index (χ1) is 16.0. The lowest BCUT2D eigenvalue weighted by Gasteiger charge is -2.18. The summed E-state index contributed by atoms with van der Waals surface area (Å²) >= 11 is 1.39. The van der Waals surface area contributed by atoms with E-state index in [1.165, 1.54) is 17.7 Å². The van der Waals surface area contributed by atoms with Crippen LogP contribution in [-0.2, 0) is 14.4 Å². The average molecular weight is 470 g/mol. The molecule has 2 amide bonds. The second-order valence-corrected chi connectivity index (χ2v) is 8.19. The van der Waals surface area contributed by atoms with Gasteiger partial charge in [-0.15, -0.1) is 11.3 Å². The fourth-order valence-electron chi connectivity index (χ4n) is 3.29. The molecule has 0 saturated heterocycles. The van der Waals surface area contributed by atoms with Crippen molar-refractivity contribution in [3.8, 4) is 11.3 Å². The fourth-order valence-corrected chi connectivity index (χ4v) is 4.15. The Morgan fingerprint density at radius 2 is 1.94 bits per heavy atom. The average Bonchev–Trinajstić information content (AvgIpc) is 3.51. The molecule has 3 aromatic rings. The normalized spacial score (nSPS) is 12.5. The van der Waals surface area contributed by atoms with E-state index < -0.39 is 30.3 Å². The predicted molar refractivity (Wildman–Crippen MR) is 121 cm³/mol. The monoisotopic (exact) mass is 469 g/mol. The second kappa shape index (κ2) is 11.7. The van der Waals surface area contributed by atoms with Crippen LogP contribution in [0.1, 0.15) is 40.5 Å². The maximum absolute atomic E-state index is 12.7. The van der Waals surface area contributed by atoms with Gasteiger partial charge in [0.2, 0.25) is 5.91 Å². The molecule has 9 nitrogen and oxygen atoms in total. The highest BCUT2D eigenvalue weighted by Crippen LogP contribution is 2.26. The summed E-state index contributed by atoms with van der Waals surface area (Å²) in [5.41, 5.74) is 0.914. The van der Waals surface area contributed by atoms with Crippen LogP contribution in [0, 0.1) is 0 Å². The van der Waals surface area contributed by atoms with E-state index in [-0.39, 0.29) is 11.6 Å². The van der Waals surface area contributed by atoms with E-state index in [1.54, 1.807) is 0 Å². The van der Waals surface area contributed by atoms with Gasteiger partial charge in [0.15, 0.2) is 17.8 Å². The number of amides is 2. The van der Waals surface area contributed by atoms with Gasteiger partial charge in [0, 0.05) is 17.0 Å². The van der Waals surface area contributed by atoms with Crippen molar-refractivity contribution in [2.45, 2.75) is 31.2 Å². The fraction of sp³-hybridized carbons (Fsp3) is 0.261. The molecule has 2 aromatic heterocycles. The van der Waals surface area contributed by atoms with Gasteiger partial charge >= 0.3 is 5.97 Å². The molecule has 1 aromatic carbocycles. The van der Waals surface area contributed by atoms with Gasteiger partial charge in [-0.2, -0.15) is 0 Å². The second-order valence-electron chi connectivity index (χ2n) is 7.21. The number of rotatable bonds is 12. The first-order valence-electron chi connectivity index (χ1n) is 10.3. The minimum absolute atomic E-state index is 0.177. The number of hydrogen-bond donors (Lipinski definition) is 3. The molecule has 0 aliphatic rings. The topological polar surface area (TPSA) is 139 Å². The molecule has 2 atom stereocenters. The van der Waals surface area contributed by atoms with Gasteiger partial charge in [0.05, 0.1) is 18.4 Å². The summed E-state index contributed by atoms with van der Waals surface area (Å²) in [4.78, 5) is 52.1. The molecule has 0 fully saturated rings. The first-order valence-corrected chi connectivity index (χ1v) is 11.2. The Morgan fingerprint density at radius 3 is 2.61 bits per heavy atom. The Morgan fingerprint density at radius 1 is 1.15 bits per heavy atom. The summed E-state index contributed by atoms with van der Waals surface area (Å²) in [5, 5.41) is 16.0. The van der Waals surface area contributed by atoms with Gasteiger partial charge < -0.3 is 25.0 Å². The number of aromatic nitrogens is 1. The molecular weight excluding hydrogens is 446 g/mol. The van der Waals surface area contributed by atoms with Gasteiger partial charge in [0.25, 0.3) is 5.91 Å². The number of hydrogen-bond acceptors (Lipinski definition) is 7. The zero-order valence-electron chi connectivity index (χ0n) is 17.6. The van der Waals surface area contributed by atoms with E-state index in [0.29, 0.717) is 31.4 Å². The molecule has 1 unspecified atom stereocenters. The van der Waals surface area contributed by atoms with E-state index in [9.17, 15) is 19.2 Å². The van der Waals surface area contributed by atoms with E-state index in [1.807, 2.05) is 47.8 Å². The minimum Gasteiger partial charge on any atom is -0.481 e. The number of carboxylic acids is 1. The molecule has 0 spiro atoms. The van der Waals surface area contributed by atoms with Gasteiger partial charge in [-0.05, 0) is 24.3 Å². The molecule has 0 bridgehead atoms. The van der Waals surface area contributed by atoms with Crippen LogP contribution >= 0.6 is 11.3 Å². The van der Waals surface area contributed by atoms with Crippen molar-refractivity contribution < 1.29 is 28.7 Å². The molecule has 10 heteroatoms. The molecule has 0 aliphatic carbocycles. The van der Waals surface area contributed by atoms with Crippen LogP contribution in [0.15, 0.2) is 58.7 Å². The highest BCUT2D eigenvalue weighted by atomic mass is 32.1. The van der Waals surface area contributed by atoms with Crippen molar-refractivity contribution in [2.24, 2.45) is 0 Å². The number of carbonyl (C=O) groups is 4. The van der Waals surface area contributed by atoms with Gasteiger partial charge in [-0.3, -0.25) is 14.4 Å². The third-order valence-corrected chi connectivity index (χ3v) is 5.85. The third-order valence-electron chi connectivity index (χ3n) is 4.86. The van der Waals surface area contributed by atoms with Gasteiger partial charge in [-0.1, -0.05) is 36.4 Å². The number of oxazole rings is 1. The standard InChI is InChI=1S/C23H23N3O6S/c27-13-16(12-19(28)29)26-22(30)17(18-9-5-11-33-18)8-4-10-24-23(31)20-21(32-14-25-20)15-6-2-1-3-7-15/h1-3,5-7,9,11,13-14,16-17H,4,8,10,12H2,(H,24,31)(H,26,30)(H,28,29)/t16-,17?/m0/s1. The van der Waals surface area contributed by atoms with E-state index in [0.717, 1.165) is 10.4 Å². The number of carbonyl (C=O) groups excluding carboxylic acids is 3. The van der Waals surface area contributed by atoms with Crippen LogP contribution in [0.2, 0.25) is 0 Å². The Hall–Kier alpha value is -3.79. The number of nitrogens with one attached hydrogen (secondary N) is 2.